The van der Waals surface area contributed by atoms with Gasteiger partial charge in [0.25, 0.3) is 5.56 Å². The number of benzene rings is 1. The van der Waals surface area contributed by atoms with Crippen LogP contribution >= 0.6 is 11.6 Å². The molecule has 124 valence electrons. The fourth-order valence-electron chi connectivity index (χ4n) is 2.72. The Labute approximate surface area is 145 Å². The van der Waals surface area contributed by atoms with Gasteiger partial charge < -0.3 is 5.32 Å². The zero-order valence-corrected chi connectivity index (χ0v) is 14.7. The minimum atomic E-state index is -0.120. The summed E-state index contributed by atoms with van der Waals surface area (Å²) in [6.45, 7) is 4.80. The molecule has 1 aromatic carbocycles. The van der Waals surface area contributed by atoms with Gasteiger partial charge in [0.1, 0.15) is 11.6 Å². The molecule has 1 N–H and O–H groups in total. The summed E-state index contributed by atoms with van der Waals surface area (Å²) in [5.41, 5.74) is 2.24. The van der Waals surface area contributed by atoms with Crippen molar-refractivity contribution in [2.24, 2.45) is 7.05 Å². The van der Waals surface area contributed by atoms with Gasteiger partial charge >= 0.3 is 0 Å². The van der Waals surface area contributed by atoms with E-state index in [4.69, 9.17) is 16.6 Å². The summed E-state index contributed by atoms with van der Waals surface area (Å²) in [5.74, 6) is 1.32. The van der Waals surface area contributed by atoms with E-state index in [1.54, 1.807) is 23.9 Å². The number of hydrogen-bond acceptors (Lipinski definition) is 4. The van der Waals surface area contributed by atoms with Crippen LogP contribution in [-0.2, 0) is 7.05 Å². The first-order chi connectivity index (χ1) is 11.5. The zero-order valence-electron chi connectivity index (χ0n) is 13.9. The Bertz CT molecular complexity index is 965. The standard InChI is InChI=1S/C18H19ClN4O/c1-4-7-20-16-13(6-5-8-21-16)17-22-15-11(2)9-12(19)10-14(15)18(24)23(17)3/h5-6,8-10H,4,7H2,1-3H3,(H,20,21). The summed E-state index contributed by atoms with van der Waals surface area (Å²) in [6, 6.07) is 7.25. The van der Waals surface area contributed by atoms with E-state index in [9.17, 15) is 4.79 Å². The third kappa shape index (κ3) is 2.87. The molecule has 0 aliphatic rings. The SMILES string of the molecule is CCCNc1ncccc1-c1nc2c(C)cc(Cl)cc2c(=O)n1C. The highest BCUT2D eigenvalue weighted by molar-refractivity contribution is 6.31. The van der Waals surface area contributed by atoms with Crippen molar-refractivity contribution in [1.82, 2.24) is 14.5 Å². The lowest BCUT2D eigenvalue weighted by molar-refractivity contribution is 0.853. The van der Waals surface area contributed by atoms with Crippen LogP contribution in [0, 0.1) is 6.92 Å². The number of aryl methyl sites for hydroxylation is 1. The van der Waals surface area contributed by atoms with Gasteiger partial charge in [0.05, 0.1) is 16.5 Å². The molecule has 0 fully saturated rings. The van der Waals surface area contributed by atoms with Crippen molar-refractivity contribution in [2.45, 2.75) is 20.3 Å². The van der Waals surface area contributed by atoms with Gasteiger partial charge in [-0.1, -0.05) is 18.5 Å². The minimum absolute atomic E-state index is 0.120. The van der Waals surface area contributed by atoms with E-state index in [-0.39, 0.29) is 5.56 Å². The molecule has 0 atom stereocenters. The first kappa shape index (κ1) is 16.5. The van der Waals surface area contributed by atoms with E-state index in [2.05, 4.69) is 17.2 Å². The maximum Gasteiger partial charge on any atom is 0.261 e. The topological polar surface area (TPSA) is 59.8 Å². The van der Waals surface area contributed by atoms with Gasteiger partial charge in [-0.25, -0.2) is 9.97 Å². The van der Waals surface area contributed by atoms with E-state index in [0.29, 0.717) is 21.7 Å². The predicted molar refractivity (Wildman–Crippen MR) is 98.7 cm³/mol. The summed E-state index contributed by atoms with van der Waals surface area (Å²) < 4.78 is 1.55. The Hall–Kier alpha value is -2.40. The molecule has 3 aromatic rings. The molecule has 0 radical (unpaired) electrons. The summed E-state index contributed by atoms with van der Waals surface area (Å²) in [4.78, 5) is 21.9. The van der Waals surface area contributed by atoms with E-state index in [1.807, 2.05) is 25.1 Å². The van der Waals surface area contributed by atoms with Crippen molar-refractivity contribution in [3.8, 4) is 11.4 Å². The molecule has 0 saturated heterocycles. The van der Waals surface area contributed by atoms with Gasteiger partial charge in [-0.15, -0.1) is 0 Å². The molecule has 0 spiro atoms. The Morgan fingerprint density at radius 2 is 2.12 bits per heavy atom. The lowest BCUT2D eigenvalue weighted by Crippen LogP contribution is -2.21. The van der Waals surface area contributed by atoms with Crippen molar-refractivity contribution >= 4 is 28.3 Å². The summed E-state index contributed by atoms with van der Waals surface area (Å²) in [6.07, 6.45) is 2.71. The monoisotopic (exact) mass is 342 g/mol. The molecule has 0 amide bonds. The molecule has 3 rings (SSSR count). The van der Waals surface area contributed by atoms with Crippen LogP contribution < -0.4 is 10.9 Å². The van der Waals surface area contributed by atoms with Crippen LogP contribution in [0.3, 0.4) is 0 Å². The minimum Gasteiger partial charge on any atom is -0.369 e. The van der Waals surface area contributed by atoms with Crippen LogP contribution in [0.25, 0.3) is 22.3 Å². The Kier molecular flexibility index (Phi) is 4.53. The number of anilines is 1. The lowest BCUT2D eigenvalue weighted by atomic mass is 10.1. The van der Waals surface area contributed by atoms with Crippen LogP contribution in [0.15, 0.2) is 35.3 Å². The number of aromatic nitrogens is 3. The fraction of sp³-hybridized carbons (Fsp3) is 0.278. The average Bonchev–Trinajstić information content (AvgIpc) is 2.57. The van der Waals surface area contributed by atoms with E-state index in [0.717, 1.165) is 29.9 Å². The molecular formula is C18H19ClN4O. The first-order valence-corrected chi connectivity index (χ1v) is 8.27. The van der Waals surface area contributed by atoms with Crippen molar-refractivity contribution < 1.29 is 0 Å². The summed E-state index contributed by atoms with van der Waals surface area (Å²) in [7, 11) is 1.72. The van der Waals surface area contributed by atoms with Crippen LogP contribution in [0.5, 0.6) is 0 Å². The van der Waals surface area contributed by atoms with Gasteiger partial charge in [0.2, 0.25) is 0 Å². The van der Waals surface area contributed by atoms with Gasteiger partial charge in [-0.2, -0.15) is 0 Å². The number of hydrogen-bond donors (Lipinski definition) is 1. The molecule has 0 unspecified atom stereocenters. The van der Waals surface area contributed by atoms with Gasteiger partial charge in [0, 0.05) is 24.8 Å². The van der Waals surface area contributed by atoms with Gasteiger partial charge in [-0.05, 0) is 43.2 Å². The number of nitrogens with one attached hydrogen (secondary N) is 1. The van der Waals surface area contributed by atoms with Crippen LogP contribution in [0.4, 0.5) is 5.82 Å². The highest BCUT2D eigenvalue weighted by Crippen LogP contribution is 2.26. The maximum absolute atomic E-state index is 12.8. The summed E-state index contributed by atoms with van der Waals surface area (Å²) >= 11 is 6.09. The predicted octanol–water partition coefficient (Wildman–Crippen LogP) is 3.78. The largest absolute Gasteiger partial charge is 0.369 e. The second-order valence-corrected chi connectivity index (χ2v) is 6.18. The molecule has 0 aliphatic carbocycles. The molecule has 5 nitrogen and oxygen atoms in total. The molecular weight excluding hydrogens is 324 g/mol. The van der Waals surface area contributed by atoms with Crippen LogP contribution in [0.1, 0.15) is 18.9 Å². The number of fused-ring (bicyclic) bond motifs is 1. The van der Waals surface area contributed by atoms with Gasteiger partial charge in [-0.3, -0.25) is 9.36 Å². The quantitative estimate of drug-likeness (QED) is 0.783. The molecule has 24 heavy (non-hydrogen) atoms. The molecule has 6 heteroatoms. The third-order valence-electron chi connectivity index (χ3n) is 3.93. The lowest BCUT2D eigenvalue weighted by Gasteiger charge is -2.14. The Balaban J connectivity index is 2.29. The second kappa shape index (κ2) is 6.61. The fourth-order valence-corrected chi connectivity index (χ4v) is 2.99. The number of rotatable bonds is 4. The van der Waals surface area contributed by atoms with Crippen LogP contribution in [-0.4, -0.2) is 21.1 Å². The Morgan fingerprint density at radius 1 is 1.33 bits per heavy atom. The first-order valence-electron chi connectivity index (χ1n) is 7.89. The molecule has 2 heterocycles. The van der Waals surface area contributed by atoms with Gasteiger partial charge in [0.15, 0.2) is 0 Å². The highest BCUT2D eigenvalue weighted by atomic mass is 35.5. The van der Waals surface area contributed by atoms with Crippen molar-refractivity contribution in [1.29, 1.82) is 0 Å². The van der Waals surface area contributed by atoms with Crippen LogP contribution in [0.2, 0.25) is 5.02 Å². The van der Waals surface area contributed by atoms with E-state index in [1.165, 1.54) is 0 Å². The molecule has 2 aromatic heterocycles. The Morgan fingerprint density at radius 3 is 2.88 bits per heavy atom. The molecule has 0 bridgehead atoms. The van der Waals surface area contributed by atoms with Crippen molar-refractivity contribution in [2.75, 3.05) is 11.9 Å². The average molecular weight is 343 g/mol. The highest BCUT2D eigenvalue weighted by Gasteiger charge is 2.15. The molecule has 0 aliphatic heterocycles. The normalized spacial score (nSPS) is 11.0. The maximum atomic E-state index is 12.8. The second-order valence-electron chi connectivity index (χ2n) is 5.74. The summed E-state index contributed by atoms with van der Waals surface area (Å²) in [5, 5.41) is 4.36. The molecule has 0 saturated carbocycles. The number of halogens is 1. The number of nitrogens with zero attached hydrogens (tertiary/aromatic N) is 3. The number of pyridine rings is 1. The van der Waals surface area contributed by atoms with E-state index < -0.39 is 0 Å². The zero-order chi connectivity index (χ0) is 17.3. The smallest absolute Gasteiger partial charge is 0.261 e. The van der Waals surface area contributed by atoms with Crippen molar-refractivity contribution in [3.05, 3.63) is 51.4 Å². The van der Waals surface area contributed by atoms with E-state index >= 15 is 0 Å². The van der Waals surface area contributed by atoms with Crippen molar-refractivity contribution in [3.63, 3.8) is 0 Å². The third-order valence-corrected chi connectivity index (χ3v) is 4.14.